The molecule has 5 nitrogen and oxygen atoms in total. The van der Waals surface area contributed by atoms with Crippen molar-refractivity contribution in [2.45, 2.75) is 38.1 Å². The standard InChI is InChI=1S/C16H22N4O/c21-16(13-5-2-1-3-6-13)20-11-8-14(9-12-20)18-15-7-4-10-17-19-15/h1-2,4,7,10,13-14H,3,5-6,8-9,11-12H2,(H,18,19)/t13-/m0/s1. The van der Waals surface area contributed by atoms with Crippen molar-refractivity contribution < 1.29 is 4.79 Å². The monoisotopic (exact) mass is 286 g/mol. The summed E-state index contributed by atoms with van der Waals surface area (Å²) >= 11 is 0. The van der Waals surface area contributed by atoms with Gasteiger partial charge in [-0.15, -0.1) is 5.10 Å². The minimum atomic E-state index is 0.208. The van der Waals surface area contributed by atoms with E-state index in [1.165, 1.54) is 0 Å². The Morgan fingerprint density at radius 3 is 2.76 bits per heavy atom. The number of anilines is 1. The molecule has 0 bridgehead atoms. The molecule has 0 saturated carbocycles. The van der Waals surface area contributed by atoms with Crippen LogP contribution in [0.5, 0.6) is 0 Å². The van der Waals surface area contributed by atoms with Gasteiger partial charge in [0.05, 0.1) is 0 Å². The zero-order chi connectivity index (χ0) is 14.5. The van der Waals surface area contributed by atoms with Crippen LogP contribution in [-0.2, 0) is 4.79 Å². The lowest BCUT2D eigenvalue weighted by molar-refractivity contribution is -0.136. The van der Waals surface area contributed by atoms with Crippen molar-refractivity contribution in [3.63, 3.8) is 0 Å². The second-order valence-electron chi connectivity index (χ2n) is 5.83. The molecular weight excluding hydrogens is 264 g/mol. The molecule has 1 atom stereocenters. The maximum absolute atomic E-state index is 12.5. The minimum Gasteiger partial charge on any atom is -0.366 e. The van der Waals surface area contributed by atoms with Gasteiger partial charge in [-0.25, -0.2) is 0 Å². The van der Waals surface area contributed by atoms with Gasteiger partial charge in [0.1, 0.15) is 5.82 Å². The highest BCUT2D eigenvalue weighted by atomic mass is 16.2. The van der Waals surface area contributed by atoms with Crippen molar-refractivity contribution in [1.82, 2.24) is 15.1 Å². The van der Waals surface area contributed by atoms with E-state index in [1.54, 1.807) is 6.20 Å². The molecule has 0 radical (unpaired) electrons. The van der Waals surface area contributed by atoms with Gasteiger partial charge >= 0.3 is 0 Å². The summed E-state index contributed by atoms with van der Waals surface area (Å²) in [4.78, 5) is 14.5. The lowest BCUT2D eigenvalue weighted by Gasteiger charge is -2.35. The summed E-state index contributed by atoms with van der Waals surface area (Å²) < 4.78 is 0. The molecular formula is C16H22N4O. The number of amides is 1. The molecule has 1 aromatic rings. The summed E-state index contributed by atoms with van der Waals surface area (Å²) in [7, 11) is 0. The molecule has 0 unspecified atom stereocenters. The molecule has 2 heterocycles. The molecule has 0 spiro atoms. The van der Waals surface area contributed by atoms with Crippen LogP contribution in [0.25, 0.3) is 0 Å². The van der Waals surface area contributed by atoms with Gasteiger partial charge in [-0.1, -0.05) is 12.2 Å². The van der Waals surface area contributed by atoms with Crippen LogP contribution in [0.15, 0.2) is 30.5 Å². The van der Waals surface area contributed by atoms with Crippen LogP contribution in [0.3, 0.4) is 0 Å². The first kappa shape index (κ1) is 14.0. The minimum absolute atomic E-state index is 0.208. The quantitative estimate of drug-likeness (QED) is 0.866. The predicted molar refractivity (Wildman–Crippen MR) is 81.7 cm³/mol. The largest absolute Gasteiger partial charge is 0.366 e. The molecule has 21 heavy (non-hydrogen) atoms. The number of carbonyl (C=O) groups excluding carboxylic acids is 1. The Morgan fingerprint density at radius 1 is 1.24 bits per heavy atom. The van der Waals surface area contributed by atoms with Crippen LogP contribution in [0.2, 0.25) is 0 Å². The smallest absolute Gasteiger partial charge is 0.226 e. The summed E-state index contributed by atoms with van der Waals surface area (Å²) in [5.41, 5.74) is 0. The third-order valence-electron chi connectivity index (χ3n) is 4.35. The Labute approximate surface area is 125 Å². The average Bonchev–Trinajstić information content (AvgIpc) is 2.57. The van der Waals surface area contributed by atoms with Gasteiger partial charge in [-0.05, 0) is 44.2 Å². The van der Waals surface area contributed by atoms with Gasteiger partial charge in [0.15, 0.2) is 0 Å². The number of aromatic nitrogens is 2. The Balaban J connectivity index is 1.48. The van der Waals surface area contributed by atoms with Crippen LogP contribution in [0.1, 0.15) is 32.1 Å². The molecule has 0 aromatic carbocycles. The zero-order valence-electron chi connectivity index (χ0n) is 12.2. The van der Waals surface area contributed by atoms with Crippen LogP contribution >= 0.6 is 0 Å². The highest BCUT2D eigenvalue weighted by Crippen LogP contribution is 2.23. The van der Waals surface area contributed by atoms with E-state index in [0.717, 1.165) is 51.0 Å². The molecule has 2 aliphatic rings. The Morgan fingerprint density at radius 2 is 2.10 bits per heavy atom. The topological polar surface area (TPSA) is 58.1 Å². The Kier molecular flexibility index (Phi) is 4.48. The van der Waals surface area contributed by atoms with Gasteiger partial charge in [0.25, 0.3) is 0 Å². The Bertz CT molecular complexity index is 494. The highest BCUT2D eigenvalue weighted by Gasteiger charge is 2.28. The van der Waals surface area contributed by atoms with E-state index in [2.05, 4.69) is 27.7 Å². The average molecular weight is 286 g/mol. The first-order valence-corrected chi connectivity index (χ1v) is 7.81. The van der Waals surface area contributed by atoms with Crippen molar-refractivity contribution in [2.24, 2.45) is 5.92 Å². The number of allylic oxidation sites excluding steroid dienone is 2. The molecule has 5 heteroatoms. The van der Waals surface area contributed by atoms with E-state index in [1.807, 2.05) is 17.0 Å². The maximum atomic E-state index is 12.5. The summed E-state index contributed by atoms with van der Waals surface area (Å²) in [6.07, 6.45) is 10.9. The fourth-order valence-electron chi connectivity index (χ4n) is 3.11. The molecule has 1 saturated heterocycles. The number of nitrogens with one attached hydrogen (secondary N) is 1. The van der Waals surface area contributed by atoms with E-state index in [4.69, 9.17) is 0 Å². The van der Waals surface area contributed by atoms with Crippen molar-refractivity contribution in [1.29, 1.82) is 0 Å². The summed E-state index contributed by atoms with van der Waals surface area (Å²) in [6.45, 7) is 1.69. The van der Waals surface area contributed by atoms with Crippen molar-refractivity contribution in [2.75, 3.05) is 18.4 Å². The number of nitrogens with zero attached hydrogens (tertiary/aromatic N) is 3. The molecule has 3 rings (SSSR count). The number of hydrogen-bond donors (Lipinski definition) is 1. The van der Waals surface area contributed by atoms with Gasteiger partial charge < -0.3 is 10.2 Å². The number of rotatable bonds is 3. The van der Waals surface area contributed by atoms with E-state index in [-0.39, 0.29) is 5.92 Å². The van der Waals surface area contributed by atoms with Crippen LogP contribution in [-0.4, -0.2) is 40.1 Å². The number of carbonyl (C=O) groups is 1. The fourth-order valence-corrected chi connectivity index (χ4v) is 3.11. The van der Waals surface area contributed by atoms with E-state index in [0.29, 0.717) is 11.9 Å². The molecule has 1 N–H and O–H groups in total. The van der Waals surface area contributed by atoms with Crippen LogP contribution < -0.4 is 5.32 Å². The number of likely N-dealkylation sites (tertiary alicyclic amines) is 1. The fraction of sp³-hybridized carbons (Fsp3) is 0.562. The third-order valence-corrected chi connectivity index (χ3v) is 4.35. The zero-order valence-corrected chi connectivity index (χ0v) is 12.2. The predicted octanol–water partition coefficient (Wildman–Crippen LogP) is 2.24. The van der Waals surface area contributed by atoms with Gasteiger partial charge in [-0.3, -0.25) is 4.79 Å². The van der Waals surface area contributed by atoms with Gasteiger partial charge in [0, 0.05) is 31.2 Å². The molecule has 1 aliphatic heterocycles. The Hall–Kier alpha value is -1.91. The first-order chi connectivity index (χ1) is 10.3. The summed E-state index contributed by atoms with van der Waals surface area (Å²) in [5.74, 6) is 1.37. The molecule has 1 aliphatic carbocycles. The lowest BCUT2D eigenvalue weighted by atomic mass is 9.92. The molecule has 1 aromatic heterocycles. The van der Waals surface area contributed by atoms with E-state index >= 15 is 0 Å². The number of hydrogen-bond acceptors (Lipinski definition) is 4. The molecule has 1 fully saturated rings. The van der Waals surface area contributed by atoms with Crippen molar-refractivity contribution >= 4 is 11.7 Å². The van der Waals surface area contributed by atoms with Crippen LogP contribution in [0, 0.1) is 5.92 Å². The third kappa shape index (κ3) is 3.60. The number of piperidine rings is 1. The maximum Gasteiger partial charge on any atom is 0.226 e. The van der Waals surface area contributed by atoms with Gasteiger partial charge in [-0.2, -0.15) is 5.10 Å². The normalized spacial score (nSPS) is 23.0. The summed E-state index contributed by atoms with van der Waals surface area (Å²) in [5, 5.41) is 11.3. The van der Waals surface area contributed by atoms with E-state index < -0.39 is 0 Å². The first-order valence-electron chi connectivity index (χ1n) is 7.81. The highest BCUT2D eigenvalue weighted by molar-refractivity contribution is 5.79. The van der Waals surface area contributed by atoms with Crippen molar-refractivity contribution in [3.8, 4) is 0 Å². The van der Waals surface area contributed by atoms with E-state index in [9.17, 15) is 4.79 Å². The SMILES string of the molecule is O=C([C@H]1CC=CCC1)N1CCC(Nc2cccnn2)CC1. The van der Waals surface area contributed by atoms with Crippen molar-refractivity contribution in [3.05, 3.63) is 30.5 Å². The van der Waals surface area contributed by atoms with Crippen LogP contribution in [0.4, 0.5) is 5.82 Å². The lowest BCUT2D eigenvalue weighted by Crippen LogP contribution is -2.45. The summed E-state index contributed by atoms with van der Waals surface area (Å²) in [6, 6.07) is 4.20. The second-order valence-corrected chi connectivity index (χ2v) is 5.83. The molecule has 1 amide bonds. The second kappa shape index (κ2) is 6.70. The van der Waals surface area contributed by atoms with Gasteiger partial charge in [0.2, 0.25) is 5.91 Å². The molecule has 112 valence electrons.